The third-order valence-electron chi connectivity index (χ3n) is 2.84. The van der Waals surface area contributed by atoms with Crippen LogP contribution in [0.5, 0.6) is 5.75 Å². The lowest BCUT2D eigenvalue weighted by atomic mass is 10.1. The molecule has 4 heteroatoms. The Bertz CT molecular complexity index is 651. The predicted octanol–water partition coefficient (Wildman–Crippen LogP) is 2.94. The van der Waals surface area contributed by atoms with Crippen LogP contribution in [-0.2, 0) is 11.2 Å². The highest BCUT2D eigenvalue weighted by Crippen LogP contribution is 2.11. The average Bonchev–Trinajstić information content (AvgIpc) is 2.54. The van der Waals surface area contributed by atoms with E-state index in [4.69, 9.17) is 4.74 Å². The van der Waals surface area contributed by atoms with Crippen molar-refractivity contribution in [2.45, 2.75) is 6.42 Å². The van der Waals surface area contributed by atoms with Crippen LogP contribution in [-0.4, -0.2) is 18.7 Å². The van der Waals surface area contributed by atoms with E-state index in [9.17, 15) is 4.79 Å². The summed E-state index contributed by atoms with van der Waals surface area (Å²) in [4.78, 5) is 11.8. The molecule has 0 saturated heterocycles. The fraction of sp³-hybridized carbons (Fsp3) is 0.111. The van der Waals surface area contributed by atoms with Gasteiger partial charge in [-0.15, -0.1) is 0 Å². The molecule has 0 fully saturated rings. The molecule has 0 atom stereocenters. The van der Waals surface area contributed by atoms with Crippen molar-refractivity contribution < 1.29 is 9.53 Å². The Morgan fingerprint density at radius 1 is 1.18 bits per heavy atom. The molecule has 0 aliphatic rings. The monoisotopic (exact) mass is 294 g/mol. The van der Waals surface area contributed by atoms with Crippen LogP contribution in [0.4, 0.5) is 0 Å². The van der Waals surface area contributed by atoms with Gasteiger partial charge in [-0.25, -0.2) is 5.43 Å². The van der Waals surface area contributed by atoms with E-state index < -0.39 is 0 Å². The Morgan fingerprint density at radius 3 is 2.77 bits per heavy atom. The normalized spacial score (nSPS) is 10.4. The molecule has 0 aliphatic carbocycles. The summed E-state index contributed by atoms with van der Waals surface area (Å²) in [6, 6.07) is 17.0. The van der Waals surface area contributed by atoms with E-state index in [0.29, 0.717) is 13.0 Å². The first-order valence-electron chi connectivity index (χ1n) is 6.97. The molecule has 0 radical (unpaired) electrons. The number of hydrazone groups is 1. The van der Waals surface area contributed by atoms with E-state index in [1.54, 1.807) is 12.3 Å². The zero-order chi connectivity index (χ0) is 15.6. The molecule has 0 spiro atoms. The smallest absolute Gasteiger partial charge is 0.244 e. The number of nitrogens with zero attached hydrogens (tertiary/aromatic N) is 1. The van der Waals surface area contributed by atoms with Crippen LogP contribution in [0.15, 0.2) is 72.4 Å². The minimum Gasteiger partial charge on any atom is -0.490 e. The zero-order valence-electron chi connectivity index (χ0n) is 12.2. The number of carbonyl (C=O) groups excluding carboxylic acids is 1. The molecule has 2 aromatic carbocycles. The Balaban J connectivity index is 1.86. The van der Waals surface area contributed by atoms with Crippen molar-refractivity contribution in [3.05, 3.63) is 78.4 Å². The summed E-state index contributed by atoms with van der Waals surface area (Å²) in [5.41, 5.74) is 4.32. The summed E-state index contributed by atoms with van der Waals surface area (Å²) < 4.78 is 5.44. The maximum Gasteiger partial charge on any atom is 0.244 e. The summed E-state index contributed by atoms with van der Waals surface area (Å²) in [7, 11) is 0. The molecular weight excluding hydrogens is 276 g/mol. The first-order valence-corrected chi connectivity index (χ1v) is 6.97. The van der Waals surface area contributed by atoms with Gasteiger partial charge in [-0.05, 0) is 23.3 Å². The Labute approximate surface area is 130 Å². The van der Waals surface area contributed by atoms with Crippen molar-refractivity contribution in [3.8, 4) is 5.75 Å². The summed E-state index contributed by atoms with van der Waals surface area (Å²) in [6.45, 7) is 4.06. The lowest BCUT2D eigenvalue weighted by Gasteiger charge is -2.03. The fourth-order valence-electron chi connectivity index (χ4n) is 1.84. The van der Waals surface area contributed by atoms with Crippen LogP contribution in [0.1, 0.15) is 11.1 Å². The Hall–Kier alpha value is -2.88. The second kappa shape index (κ2) is 8.42. The van der Waals surface area contributed by atoms with Gasteiger partial charge < -0.3 is 4.74 Å². The summed E-state index contributed by atoms with van der Waals surface area (Å²) in [5, 5.41) is 3.96. The molecule has 1 amide bonds. The van der Waals surface area contributed by atoms with Crippen LogP contribution in [0.2, 0.25) is 0 Å². The van der Waals surface area contributed by atoms with Crippen molar-refractivity contribution in [1.29, 1.82) is 0 Å². The minimum atomic E-state index is -0.151. The molecule has 0 aromatic heterocycles. The maximum atomic E-state index is 11.8. The van der Waals surface area contributed by atoms with Crippen LogP contribution < -0.4 is 10.2 Å². The van der Waals surface area contributed by atoms with Crippen LogP contribution in [0.25, 0.3) is 0 Å². The highest BCUT2D eigenvalue weighted by atomic mass is 16.5. The highest BCUT2D eigenvalue weighted by Gasteiger charge is 2.00. The first kappa shape index (κ1) is 15.5. The van der Waals surface area contributed by atoms with E-state index in [-0.39, 0.29) is 5.91 Å². The number of nitrogens with one attached hydrogen (secondary N) is 1. The van der Waals surface area contributed by atoms with Crippen molar-refractivity contribution in [2.24, 2.45) is 5.10 Å². The topological polar surface area (TPSA) is 50.7 Å². The zero-order valence-corrected chi connectivity index (χ0v) is 12.2. The molecule has 112 valence electrons. The number of benzene rings is 2. The molecule has 2 aromatic rings. The van der Waals surface area contributed by atoms with Gasteiger partial charge in [0, 0.05) is 0 Å². The van der Waals surface area contributed by atoms with E-state index in [1.165, 1.54) is 0 Å². The van der Waals surface area contributed by atoms with E-state index in [0.717, 1.165) is 16.9 Å². The molecule has 0 unspecified atom stereocenters. The molecular formula is C18H18N2O2. The summed E-state index contributed by atoms with van der Waals surface area (Å²) in [6.07, 6.45) is 3.58. The van der Waals surface area contributed by atoms with E-state index >= 15 is 0 Å². The molecule has 2 rings (SSSR count). The van der Waals surface area contributed by atoms with Gasteiger partial charge in [-0.2, -0.15) is 5.10 Å². The standard InChI is InChI=1S/C18H18N2O2/c1-2-11-22-17-10-6-9-16(12-17)14-19-20-18(21)13-15-7-4-3-5-8-15/h2-10,12,14H,1,11,13H2,(H,20,21)/b19-14+. The molecule has 0 heterocycles. The summed E-state index contributed by atoms with van der Waals surface area (Å²) >= 11 is 0. The van der Waals surface area contributed by atoms with Gasteiger partial charge in [0.15, 0.2) is 0 Å². The average molecular weight is 294 g/mol. The highest BCUT2D eigenvalue weighted by molar-refractivity contribution is 5.83. The lowest BCUT2D eigenvalue weighted by Crippen LogP contribution is -2.19. The number of hydrogen-bond donors (Lipinski definition) is 1. The number of ether oxygens (including phenoxy) is 1. The molecule has 0 saturated carbocycles. The van der Waals surface area contributed by atoms with Gasteiger partial charge in [0.1, 0.15) is 12.4 Å². The van der Waals surface area contributed by atoms with E-state index in [1.807, 2.05) is 54.6 Å². The van der Waals surface area contributed by atoms with Gasteiger partial charge in [-0.1, -0.05) is 55.1 Å². The van der Waals surface area contributed by atoms with E-state index in [2.05, 4.69) is 17.1 Å². The first-order chi connectivity index (χ1) is 10.8. The summed E-state index contributed by atoms with van der Waals surface area (Å²) in [5.74, 6) is 0.584. The number of rotatable bonds is 7. The molecule has 0 bridgehead atoms. The maximum absolute atomic E-state index is 11.8. The van der Waals surface area contributed by atoms with Gasteiger partial charge in [-0.3, -0.25) is 4.79 Å². The molecule has 22 heavy (non-hydrogen) atoms. The van der Waals surface area contributed by atoms with Crippen molar-refractivity contribution in [1.82, 2.24) is 5.43 Å². The molecule has 4 nitrogen and oxygen atoms in total. The van der Waals surface area contributed by atoms with Gasteiger partial charge >= 0.3 is 0 Å². The third kappa shape index (κ3) is 5.25. The van der Waals surface area contributed by atoms with Gasteiger partial charge in [0.05, 0.1) is 12.6 Å². The van der Waals surface area contributed by atoms with Gasteiger partial charge in [0.2, 0.25) is 5.91 Å². The van der Waals surface area contributed by atoms with Crippen molar-refractivity contribution in [2.75, 3.05) is 6.61 Å². The second-order valence-electron chi connectivity index (χ2n) is 4.63. The number of amides is 1. The van der Waals surface area contributed by atoms with Gasteiger partial charge in [0.25, 0.3) is 0 Å². The number of carbonyl (C=O) groups is 1. The molecule has 1 N–H and O–H groups in total. The minimum absolute atomic E-state index is 0.151. The predicted molar refractivity (Wildman–Crippen MR) is 88.0 cm³/mol. The SMILES string of the molecule is C=CCOc1cccc(/C=N/NC(=O)Cc2ccccc2)c1. The third-order valence-corrected chi connectivity index (χ3v) is 2.84. The Kier molecular flexibility index (Phi) is 5.93. The van der Waals surface area contributed by atoms with Crippen molar-refractivity contribution in [3.63, 3.8) is 0 Å². The quantitative estimate of drug-likeness (QED) is 0.485. The second-order valence-corrected chi connectivity index (χ2v) is 4.63. The largest absolute Gasteiger partial charge is 0.490 e. The van der Waals surface area contributed by atoms with Crippen LogP contribution in [0, 0.1) is 0 Å². The van der Waals surface area contributed by atoms with Crippen LogP contribution >= 0.6 is 0 Å². The van der Waals surface area contributed by atoms with Crippen LogP contribution in [0.3, 0.4) is 0 Å². The Morgan fingerprint density at radius 2 is 2.00 bits per heavy atom. The lowest BCUT2D eigenvalue weighted by molar-refractivity contribution is -0.120. The number of hydrogen-bond acceptors (Lipinski definition) is 3. The molecule has 0 aliphatic heterocycles. The fourth-order valence-corrected chi connectivity index (χ4v) is 1.84. The van der Waals surface area contributed by atoms with Crippen molar-refractivity contribution >= 4 is 12.1 Å².